The van der Waals surface area contributed by atoms with Crippen molar-refractivity contribution in [3.05, 3.63) is 35.1 Å². The molecule has 5 unspecified atom stereocenters. The van der Waals surface area contributed by atoms with Crippen LogP contribution in [0.1, 0.15) is 40.0 Å². The fraction of sp³-hybridized carbons (Fsp3) is 0.579. The van der Waals surface area contributed by atoms with Gasteiger partial charge in [0.05, 0.1) is 17.9 Å². The number of aliphatic hydroxyl groups is 2. The molecule has 0 radical (unpaired) electrons. The SMILES string of the molecule is CC1CCC(O)C2=CC(=O)C(C3(C)OC=C(C(=O)O)CC3O)=CC21C. The van der Waals surface area contributed by atoms with Crippen molar-refractivity contribution >= 4 is 11.8 Å². The molecule has 1 fully saturated rings. The first-order valence-electron chi connectivity index (χ1n) is 8.55. The number of allylic oxidation sites excluding steroid dienone is 2. The molecule has 25 heavy (non-hydrogen) atoms. The lowest BCUT2D eigenvalue weighted by Gasteiger charge is -2.47. The third-order valence-corrected chi connectivity index (χ3v) is 6.18. The van der Waals surface area contributed by atoms with E-state index in [1.807, 2.05) is 6.92 Å². The van der Waals surface area contributed by atoms with Gasteiger partial charge in [0, 0.05) is 17.4 Å². The molecule has 0 saturated heterocycles. The van der Waals surface area contributed by atoms with Crippen LogP contribution < -0.4 is 0 Å². The minimum absolute atomic E-state index is 0.0299. The van der Waals surface area contributed by atoms with Crippen molar-refractivity contribution < 1.29 is 29.6 Å². The molecule has 1 saturated carbocycles. The van der Waals surface area contributed by atoms with Crippen LogP contribution in [0, 0.1) is 11.3 Å². The Morgan fingerprint density at radius 1 is 1.28 bits per heavy atom. The van der Waals surface area contributed by atoms with Gasteiger partial charge < -0.3 is 20.1 Å². The average molecular weight is 348 g/mol. The summed E-state index contributed by atoms with van der Waals surface area (Å²) in [6.45, 7) is 5.66. The fourth-order valence-corrected chi connectivity index (χ4v) is 4.07. The van der Waals surface area contributed by atoms with E-state index in [1.54, 1.807) is 13.0 Å². The zero-order valence-corrected chi connectivity index (χ0v) is 14.7. The lowest BCUT2D eigenvalue weighted by atomic mass is 9.60. The van der Waals surface area contributed by atoms with E-state index in [1.165, 1.54) is 6.08 Å². The molecule has 136 valence electrons. The first-order chi connectivity index (χ1) is 11.6. The summed E-state index contributed by atoms with van der Waals surface area (Å²) in [4.78, 5) is 23.8. The van der Waals surface area contributed by atoms with Gasteiger partial charge in [0.15, 0.2) is 11.4 Å². The highest BCUT2D eigenvalue weighted by molar-refractivity contribution is 6.07. The van der Waals surface area contributed by atoms with Crippen molar-refractivity contribution in [3.63, 3.8) is 0 Å². The van der Waals surface area contributed by atoms with Crippen molar-refractivity contribution in [1.29, 1.82) is 0 Å². The van der Waals surface area contributed by atoms with Crippen molar-refractivity contribution in [1.82, 2.24) is 0 Å². The Hall–Kier alpha value is -1.92. The predicted molar refractivity (Wildman–Crippen MR) is 89.5 cm³/mol. The van der Waals surface area contributed by atoms with Gasteiger partial charge in [-0.1, -0.05) is 19.9 Å². The van der Waals surface area contributed by atoms with E-state index >= 15 is 0 Å². The van der Waals surface area contributed by atoms with Gasteiger partial charge in [-0.25, -0.2) is 4.79 Å². The zero-order chi connectivity index (χ0) is 18.6. The topological polar surface area (TPSA) is 104 Å². The van der Waals surface area contributed by atoms with E-state index < -0.39 is 29.2 Å². The van der Waals surface area contributed by atoms with Crippen LogP contribution in [0.4, 0.5) is 0 Å². The molecule has 3 N–H and O–H groups in total. The van der Waals surface area contributed by atoms with Gasteiger partial charge in [0.25, 0.3) is 0 Å². The lowest BCUT2D eigenvalue weighted by molar-refractivity contribution is -0.135. The van der Waals surface area contributed by atoms with Crippen LogP contribution in [0.25, 0.3) is 0 Å². The maximum atomic E-state index is 12.7. The molecule has 0 aromatic carbocycles. The van der Waals surface area contributed by atoms with Crippen LogP contribution >= 0.6 is 0 Å². The number of aliphatic hydroxyl groups excluding tert-OH is 2. The maximum Gasteiger partial charge on any atom is 0.334 e. The van der Waals surface area contributed by atoms with Gasteiger partial charge in [-0.05, 0) is 37.3 Å². The molecule has 6 nitrogen and oxygen atoms in total. The number of carbonyl (C=O) groups excluding carboxylic acids is 1. The monoisotopic (exact) mass is 348 g/mol. The number of rotatable bonds is 2. The summed E-state index contributed by atoms with van der Waals surface area (Å²) in [5, 5.41) is 29.9. The second-order valence-corrected chi connectivity index (χ2v) is 7.69. The molecule has 0 bridgehead atoms. The first kappa shape index (κ1) is 17.9. The standard InChI is InChI=1S/C19H24O6/c1-10-4-5-14(20)12-7-15(21)13(8-18(10,12)2)19(3)16(22)6-11(9-25-19)17(23)24/h7-10,14,16,20,22H,4-6H2,1-3H3,(H,23,24). The Kier molecular flexibility index (Phi) is 4.16. The number of hydrogen-bond donors (Lipinski definition) is 3. The molecule has 3 rings (SSSR count). The smallest absolute Gasteiger partial charge is 0.334 e. The van der Waals surface area contributed by atoms with Crippen molar-refractivity contribution in [2.24, 2.45) is 11.3 Å². The number of ether oxygens (including phenoxy) is 1. The maximum absolute atomic E-state index is 12.7. The number of carbonyl (C=O) groups is 2. The van der Waals surface area contributed by atoms with Crippen molar-refractivity contribution in [2.75, 3.05) is 0 Å². The lowest BCUT2D eigenvalue weighted by Crippen LogP contribution is -2.50. The molecule has 1 heterocycles. The highest BCUT2D eigenvalue weighted by Gasteiger charge is 2.50. The van der Waals surface area contributed by atoms with Crippen LogP contribution in [0.15, 0.2) is 35.1 Å². The summed E-state index contributed by atoms with van der Waals surface area (Å²) in [5.41, 5.74) is -0.825. The highest BCUT2D eigenvalue weighted by Crippen LogP contribution is 2.50. The molecule has 0 aromatic heterocycles. The van der Waals surface area contributed by atoms with Crippen molar-refractivity contribution in [2.45, 2.75) is 57.8 Å². The number of carboxylic acids is 1. The first-order valence-corrected chi connectivity index (χ1v) is 8.55. The summed E-state index contributed by atoms with van der Waals surface area (Å²) >= 11 is 0. The van der Waals surface area contributed by atoms with Gasteiger partial charge in [0.1, 0.15) is 6.10 Å². The predicted octanol–water partition coefficient (Wildman–Crippen LogP) is 1.73. The average Bonchev–Trinajstić information content (AvgIpc) is 2.55. The zero-order valence-electron chi connectivity index (χ0n) is 14.7. The van der Waals surface area contributed by atoms with Gasteiger partial charge in [-0.15, -0.1) is 0 Å². The van der Waals surface area contributed by atoms with Gasteiger partial charge in [0.2, 0.25) is 0 Å². The molecule has 3 aliphatic rings. The molecule has 0 amide bonds. The van der Waals surface area contributed by atoms with Gasteiger partial charge in [-0.2, -0.15) is 0 Å². The normalized spacial score (nSPS) is 41.1. The fourth-order valence-electron chi connectivity index (χ4n) is 4.07. The van der Waals surface area contributed by atoms with Crippen LogP contribution in [0.5, 0.6) is 0 Å². The second-order valence-electron chi connectivity index (χ2n) is 7.69. The molecule has 0 aromatic rings. The molecule has 5 atom stereocenters. The number of fused-ring (bicyclic) bond motifs is 1. The number of hydrogen-bond acceptors (Lipinski definition) is 5. The van der Waals surface area contributed by atoms with Crippen LogP contribution in [0.3, 0.4) is 0 Å². The van der Waals surface area contributed by atoms with E-state index in [2.05, 4.69) is 6.92 Å². The van der Waals surface area contributed by atoms with E-state index in [0.29, 0.717) is 17.6 Å². The molecule has 2 aliphatic carbocycles. The van der Waals surface area contributed by atoms with E-state index in [4.69, 9.17) is 9.84 Å². The molecule has 6 heteroatoms. The quantitative estimate of drug-likeness (QED) is 0.702. The third-order valence-electron chi connectivity index (χ3n) is 6.18. The second kappa shape index (κ2) is 5.81. The number of carboxylic acid groups (broad SMARTS) is 1. The summed E-state index contributed by atoms with van der Waals surface area (Å²) in [6, 6.07) is 0. The molecule has 1 aliphatic heterocycles. The Morgan fingerprint density at radius 2 is 1.96 bits per heavy atom. The van der Waals surface area contributed by atoms with Crippen LogP contribution in [-0.4, -0.2) is 44.9 Å². The van der Waals surface area contributed by atoms with Crippen LogP contribution in [0.2, 0.25) is 0 Å². The van der Waals surface area contributed by atoms with Gasteiger partial charge in [-0.3, -0.25) is 4.79 Å². The summed E-state index contributed by atoms with van der Waals surface area (Å²) in [7, 11) is 0. The summed E-state index contributed by atoms with van der Waals surface area (Å²) in [6.07, 6.45) is 3.95. The Balaban J connectivity index is 2.03. The largest absolute Gasteiger partial charge is 0.487 e. The molecule has 0 spiro atoms. The minimum Gasteiger partial charge on any atom is -0.487 e. The Bertz CT molecular complexity index is 717. The van der Waals surface area contributed by atoms with Crippen molar-refractivity contribution in [3.8, 4) is 0 Å². The van der Waals surface area contributed by atoms with E-state index in [9.17, 15) is 19.8 Å². The van der Waals surface area contributed by atoms with E-state index in [-0.39, 0.29) is 23.7 Å². The highest BCUT2D eigenvalue weighted by atomic mass is 16.5. The molecular formula is C19H24O6. The molecular weight excluding hydrogens is 324 g/mol. The van der Waals surface area contributed by atoms with Gasteiger partial charge >= 0.3 is 5.97 Å². The third kappa shape index (κ3) is 2.64. The summed E-state index contributed by atoms with van der Waals surface area (Å²) in [5.74, 6) is -1.24. The number of aliphatic carboxylic acids is 1. The van der Waals surface area contributed by atoms with Crippen LogP contribution in [-0.2, 0) is 14.3 Å². The Labute approximate surface area is 146 Å². The number of ketones is 1. The Morgan fingerprint density at radius 3 is 2.56 bits per heavy atom. The van der Waals surface area contributed by atoms with E-state index in [0.717, 1.165) is 12.7 Å². The summed E-state index contributed by atoms with van der Waals surface area (Å²) < 4.78 is 5.57. The minimum atomic E-state index is -1.32.